The Balaban J connectivity index is 1.93. The Labute approximate surface area is 135 Å². The lowest BCUT2D eigenvalue weighted by Crippen LogP contribution is -2.38. The van der Waals surface area contributed by atoms with Gasteiger partial charge in [0.05, 0.1) is 19.2 Å². The van der Waals surface area contributed by atoms with Crippen LogP contribution in [0.2, 0.25) is 0 Å². The normalized spacial score (nSPS) is 18.8. The molecule has 1 aliphatic heterocycles. The highest BCUT2D eigenvalue weighted by molar-refractivity contribution is 5.68. The third-order valence-electron chi connectivity index (χ3n) is 3.95. The van der Waals surface area contributed by atoms with Crippen molar-refractivity contribution in [1.82, 2.24) is 15.0 Å². The molecule has 0 amide bonds. The van der Waals surface area contributed by atoms with Crippen LogP contribution in [0, 0.1) is 0 Å². The molecule has 0 aliphatic carbocycles. The zero-order valence-corrected chi connectivity index (χ0v) is 13.5. The maximum Gasteiger partial charge on any atom is 0.240 e. The van der Waals surface area contributed by atoms with Crippen LogP contribution in [0.15, 0.2) is 22.7 Å². The number of ether oxygens (including phenoxy) is 2. The van der Waals surface area contributed by atoms with Gasteiger partial charge in [0.2, 0.25) is 11.7 Å². The number of rotatable bonds is 5. The predicted octanol–water partition coefficient (Wildman–Crippen LogP) is 1.68. The molecule has 7 heteroatoms. The van der Waals surface area contributed by atoms with Gasteiger partial charge in [-0.05, 0) is 38.6 Å². The highest BCUT2D eigenvalue weighted by atomic mass is 16.5. The lowest BCUT2D eigenvalue weighted by Gasteiger charge is -2.30. The molecule has 0 saturated carbocycles. The van der Waals surface area contributed by atoms with Crippen molar-refractivity contribution in [3.63, 3.8) is 0 Å². The molecule has 23 heavy (non-hydrogen) atoms. The van der Waals surface area contributed by atoms with Gasteiger partial charge in [0, 0.05) is 6.54 Å². The van der Waals surface area contributed by atoms with E-state index in [1.807, 2.05) is 18.2 Å². The van der Waals surface area contributed by atoms with Crippen LogP contribution >= 0.6 is 0 Å². The zero-order valence-electron chi connectivity index (χ0n) is 13.5. The van der Waals surface area contributed by atoms with Gasteiger partial charge in [-0.25, -0.2) is 0 Å². The Morgan fingerprint density at radius 1 is 1.43 bits per heavy atom. The van der Waals surface area contributed by atoms with Gasteiger partial charge in [-0.1, -0.05) is 11.2 Å². The van der Waals surface area contributed by atoms with Crippen LogP contribution in [-0.4, -0.2) is 48.4 Å². The molecule has 2 N–H and O–H groups in total. The largest absolute Gasteiger partial charge is 0.493 e. The number of piperidine rings is 1. The third-order valence-corrected chi connectivity index (χ3v) is 3.95. The summed E-state index contributed by atoms with van der Waals surface area (Å²) in [5.74, 6) is 2.17. The fourth-order valence-corrected chi connectivity index (χ4v) is 2.80. The van der Waals surface area contributed by atoms with Gasteiger partial charge in [0.15, 0.2) is 11.5 Å². The zero-order chi connectivity index (χ0) is 16.2. The summed E-state index contributed by atoms with van der Waals surface area (Å²) in [6.07, 6.45) is 2.25. The number of aromatic nitrogens is 2. The van der Waals surface area contributed by atoms with E-state index >= 15 is 0 Å². The Hall–Kier alpha value is -2.12. The van der Waals surface area contributed by atoms with E-state index in [0.717, 1.165) is 31.5 Å². The standard InChI is InChI=1S/C16H22N4O3/c1-20-8-4-5-11(10-20)22-15-12(6-3-7-13(15)21-2)16-18-14(9-17)23-19-16/h3,6-7,11H,4-5,8-10,17H2,1-2H3. The number of likely N-dealkylation sites (N-methyl/N-ethyl adjacent to an activating group) is 1. The van der Waals surface area contributed by atoms with E-state index in [0.29, 0.717) is 23.2 Å². The Kier molecular flexibility index (Phi) is 4.78. The number of methoxy groups -OCH3 is 1. The summed E-state index contributed by atoms with van der Waals surface area (Å²) in [5, 5.41) is 3.99. The van der Waals surface area contributed by atoms with Crippen LogP contribution in [0.25, 0.3) is 11.4 Å². The molecule has 0 radical (unpaired) electrons. The van der Waals surface area contributed by atoms with E-state index in [1.54, 1.807) is 7.11 Å². The molecule has 124 valence electrons. The highest BCUT2D eigenvalue weighted by Crippen LogP contribution is 2.38. The van der Waals surface area contributed by atoms with Crippen LogP contribution < -0.4 is 15.2 Å². The molecule has 1 atom stereocenters. The van der Waals surface area contributed by atoms with Gasteiger partial charge in [0.1, 0.15) is 6.10 Å². The maximum absolute atomic E-state index is 6.26. The molecule has 1 aliphatic rings. The molecule has 2 aromatic rings. The minimum absolute atomic E-state index is 0.115. The van der Waals surface area contributed by atoms with Crippen molar-refractivity contribution >= 4 is 0 Å². The van der Waals surface area contributed by atoms with Crippen molar-refractivity contribution in [3.05, 3.63) is 24.1 Å². The average molecular weight is 318 g/mol. The molecule has 2 heterocycles. The first-order valence-corrected chi connectivity index (χ1v) is 7.76. The van der Waals surface area contributed by atoms with E-state index in [-0.39, 0.29) is 12.6 Å². The number of hydrogen-bond acceptors (Lipinski definition) is 7. The van der Waals surface area contributed by atoms with Gasteiger partial charge >= 0.3 is 0 Å². The van der Waals surface area contributed by atoms with Crippen molar-refractivity contribution in [2.24, 2.45) is 5.73 Å². The topological polar surface area (TPSA) is 86.6 Å². The number of benzene rings is 1. The van der Waals surface area contributed by atoms with Crippen LogP contribution in [0.5, 0.6) is 11.5 Å². The summed E-state index contributed by atoms with van der Waals surface area (Å²) >= 11 is 0. The SMILES string of the molecule is COc1cccc(-c2noc(CN)n2)c1OC1CCCN(C)C1. The molecular weight excluding hydrogens is 296 g/mol. The lowest BCUT2D eigenvalue weighted by molar-refractivity contribution is 0.102. The van der Waals surface area contributed by atoms with Gasteiger partial charge in [0.25, 0.3) is 0 Å². The van der Waals surface area contributed by atoms with Gasteiger partial charge in [-0.2, -0.15) is 4.98 Å². The van der Waals surface area contributed by atoms with Crippen LogP contribution in [0.3, 0.4) is 0 Å². The van der Waals surface area contributed by atoms with Crippen molar-refractivity contribution in [2.75, 3.05) is 27.2 Å². The minimum Gasteiger partial charge on any atom is -0.493 e. The molecule has 1 unspecified atom stereocenters. The third kappa shape index (κ3) is 3.46. The van der Waals surface area contributed by atoms with Crippen molar-refractivity contribution in [3.8, 4) is 22.9 Å². The molecule has 3 rings (SSSR count). The van der Waals surface area contributed by atoms with E-state index in [4.69, 9.17) is 19.7 Å². The second-order valence-electron chi connectivity index (χ2n) is 5.70. The molecule has 1 aromatic heterocycles. The van der Waals surface area contributed by atoms with Crippen molar-refractivity contribution in [2.45, 2.75) is 25.5 Å². The predicted molar refractivity (Wildman–Crippen MR) is 85.3 cm³/mol. The smallest absolute Gasteiger partial charge is 0.240 e. The number of likely N-dealkylation sites (tertiary alicyclic amines) is 1. The number of nitrogens with two attached hydrogens (primary N) is 1. The number of nitrogens with zero attached hydrogens (tertiary/aromatic N) is 3. The molecule has 0 bridgehead atoms. The first-order valence-electron chi connectivity index (χ1n) is 7.76. The quantitative estimate of drug-likeness (QED) is 0.897. The molecule has 1 aromatic carbocycles. The molecule has 1 fully saturated rings. The Bertz CT molecular complexity index is 659. The maximum atomic E-state index is 6.26. The lowest BCUT2D eigenvalue weighted by atomic mass is 10.1. The second kappa shape index (κ2) is 6.97. The summed E-state index contributed by atoms with van der Waals surface area (Å²) in [6, 6.07) is 5.65. The van der Waals surface area contributed by atoms with E-state index in [1.165, 1.54) is 0 Å². The highest BCUT2D eigenvalue weighted by Gasteiger charge is 2.23. The van der Waals surface area contributed by atoms with Crippen molar-refractivity contribution in [1.29, 1.82) is 0 Å². The van der Waals surface area contributed by atoms with Gasteiger partial charge < -0.3 is 24.6 Å². The summed E-state index contributed by atoms with van der Waals surface area (Å²) in [6.45, 7) is 2.20. The molecular formula is C16H22N4O3. The van der Waals surface area contributed by atoms with Crippen LogP contribution in [-0.2, 0) is 6.54 Å². The van der Waals surface area contributed by atoms with Gasteiger partial charge in [-0.3, -0.25) is 0 Å². The van der Waals surface area contributed by atoms with E-state index < -0.39 is 0 Å². The van der Waals surface area contributed by atoms with Crippen LogP contribution in [0.1, 0.15) is 18.7 Å². The van der Waals surface area contributed by atoms with Crippen molar-refractivity contribution < 1.29 is 14.0 Å². The Morgan fingerprint density at radius 3 is 3.00 bits per heavy atom. The molecule has 0 spiro atoms. The Morgan fingerprint density at radius 2 is 2.30 bits per heavy atom. The average Bonchev–Trinajstić information content (AvgIpc) is 3.04. The van der Waals surface area contributed by atoms with E-state index in [2.05, 4.69) is 22.1 Å². The van der Waals surface area contributed by atoms with Gasteiger partial charge in [-0.15, -0.1) is 0 Å². The minimum atomic E-state index is 0.115. The summed E-state index contributed by atoms with van der Waals surface area (Å²) < 4.78 is 16.8. The molecule has 1 saturated heterocycles. The number of para-hydroxylation sites is 1. The first kappa shape index (κ1) is 15.8. The summed E-state index contributed by atoms with van der Waals surface area (Å²) in [4.78, 5) is 6.56. The second-order valence-corrected chi connectivity index (χ2v) is 5.70. The first-order chi connectivity index (χ1) is 11.2. The number of hydrogen-bond donors (Lipinski definition) is 1. The monoisotopic (exact) mass is 318 g/mol. The van der Waals surface area contributed by atoms with E-state index in [9.17, 15) is 0 Å². The molecule has 7 nitrogen and oxygen atoms in total. The summed E-state index contributed by atoms with van der Waals surface area (Å²) in [5.41, 5.74) is 6.29. The van der Waals surface area contributed by atoms with Crippen LogP contribution in [0.4, 0.5) is 0 Å². The fraction of sp³-hybridized carbons (Fsp3) is 0.500. The summed E-state index contributed by atoms with van der Waals surface area (Å²) in [7, 11) is 3.73. The fourth-order valence-electron chi connectivity index (χ4n) is 2.80.